The number of halogens is 2. The number of nitrogens with two attached hydrogens (primary N) is 1. The van der Waals surface area contributed by atoms with Crippen molar-refractivity contribution < 1.29 is 9.59 Å². The average Bonchev–Trinajstić information content (AvgIpc) is 2.65. The van der Waals surface area contributed by atoms with Crippen molar-refractivity contribution in [2.45, 2.75) is 0 Å². The van der Waals surface area contributed by atoms with Gasteiger partial charge in [-0.3, -0.25) is 9.59 Å². The third-order valence-electron chi connectivity index (χ3n) is 3.76. The Balaban J connectivity index is 1.89. The second kappa shape index (κ2) is 7.60. The Morgan fingerprint density at radius 1 is 0.846 bits per heavy atom. The number of nitrogens with one attached hydrogen (secondary N) is 1. The van der Waals surface area contributed by atoms with Crippen LogP contribution in [0, 0.1) is 0 Å². The maximum absolute atomic E-state index is 12.6. The van der Waals surface area contributed by atoms with Crippen LogP contribution in [0.2, 0.25) is 10.0 Å². The molecule has 0 aliphatic heterocycles. The molecule has 0 saturated heterocycles. The first kappa shape index (κ1) is 18.0. The van der Waals surface area contributed by atoms with E-state index < -0.39 is 5.91 Å². The van der Waals surface area contributed by atoms with Gasteiger partial charge in [0.05, 0.1) is 10.6 Å². The largest absolute Gasteiger partial charge is 0.398 e. The highest BCUT2D eigenvalue weighted by molar-refractivity contribution is 6.35. The summed E-state index contributed by atoms with van der Waals surface area (Å²) < 4.78 is 0. The Morgan fingerprint density at radius 2 is 1.58 bits per heavy atom. The molecule has 0 aliphatic rings. The molecule has 3 N–H and O–H groups in total. The number of hydrogen-bond acceptors (Lipinski definition) is 3. The summed E-state index contributed by atoms with van der Waals surface area (Å²) in [5, 5.41) is 3.42. The van der Waals surface area contributed by atoms with Gasteiger partial charge in [0.2, 0.25) is 0 Å². The van der Waals surface area contributed by atoms with Gasteiger partial charge in [-0.15, -0.1) is 0 Å². The maximum atomic E-state index is 12.6. The minimum Gasteiger partial charge on any atom is -0.398 e. The quantitative estimate of drug-likeness (QED) is 0.487. The molecule has 0 saturated carbocycles. The Hall–Kier alpha value is -2.82. The highest BCUT2D eigenvalue weighted by atomic mass is 35.5. The zero-order valence-electron chi connectivity index (χ0n) is 13.5. The van der Waals surface area contributed by atoms with E-state index in [4.69, 9.17) is 28.9 Å². The molecule has 130 valence electrons. The van der Waals surface area contributed by atoms with Gasteiger partial charge in [0, 0.05) is 27.5 Å². The third kappa shape index (κ3) is 3.87. The number of rotatable bonds is 4. The topological polar surface area (TPSA) is 72.2 Å². The van der Waals surface area contributed by atoms with Crippen LogP contribution in [0.1, 0.15) is 26.3 Å². The molecule has 1 amide bonds. The number of benzene rings is 3. The smallest absolute Gasteiger partial charge is 0.257 e. The molecule has 3 rings (SSSR count). The van der Waals surface area contributed by atoms with Gasteiger partial charge in [0.1, 0.15) is 0 Å². The zero-order chi connectivity index (χ0) is 18.7. The number of anilines is 2. The minimum absolute atomic E-state index is 0.228. The zero-order valence-corrected chi connectivity index (χ0v) is 15.0. The van der Waals surface area contributed by atoms with E-state index in [0.717, 1.165) is 0 Å². The summed E-state index contributed by atoms with van der Waals surface area (Å²) in [6, 6.07) is 18.1. The summed E-state index contributed by atoms with van der Waals surface area (Å²) in [6.45, 7) is 0. The van der Waals surface area contributed by atoms with Gasteiger partial charge in [0.15, 0.2) is 5.78 Å². The molecule has 0 atom stereocenters. The summed E-state index contributed by atoms with van der Waals surface area (Å²) in [5.74, 6) is -0.653. The molecule has 4 nitrogen and oxygen atoms in total. The van der Waals surface area contributed by atoms with Crippen LogP contribution in [0.4, 0.5) is 11.4 Å². The van der Waals surface area contributed by atoms with Crippen molar-refractivity contribution in [2.75, 3.05) is 11.1 Å². The van der Waals surface area contributed by atoms with Crippen molar-refractivity contribution in [3.05, 3.63) is 93.5 Å². The molecule has 0 heterocycles. The van der Waals surface area contributed by atoms with E-state index in [-0.39, 0.29) is 11.3 Å². The molecule has 0 unspecified atom stereocenters. The highest BCUT2D eigenvalue weighted by Crippen LogP contribution is 2.25. The number of carbonyl (C=O) groups is 2. The molecule has 0 aliphatic carbocycles. The number of nitrogen functional groups attached to an aromatic ring is 1. The molecule has 3 aromatic carbocycles. The number of hydrogen-bond donors (Lipinski definition) is 2. The van der Waals surface area contributed by atoms with E-state index in [2.05, 4.69) is 5.32 Å². The van der Waals surface area contributed by atoms with Crippen molar-refractivity contribution in [1.82, 2.24) is 0 Å². The van der Waals surface area contributed by atoms with Gasteiger partial charge >= 0.3 is 0 Å². The Labute approximate surface area is 160 Å². The molecule has 0 radical (unpaired) electrons. The van der Waals surface area contributed by atoms with Gasteiger partial charge in [-0.2, -0.15) is 0 Å². The predicted molar refractivity (Wildman–Crippen MR) is 105 cm³/mol. The second-order valence-electron chi connectivity index (χ2n) is 5.58. The lowest BCUT2D eigenvalue weighted by molar-refractivity contribution is 0.102. The van der Waals surface area contributed by atoms with E-state index in [1.807, 2.05) is 6.07 Å². The SMILES string of the molecule is Nc1ccc(Cl)cc1C(=O)Nc1ccc(Cl)c(C(=O)c2ccccc2)c1. The van der Waals surface area contributed by atoms with Gasteiger partial charge in [-0.1, -0.05) is 53.5 Å². The van der Waals surface area contributed by atoms with Crippen LogP contribution < -0.4 is 11.1 Å². The fourth-order valence-electron chi connectivity index (χ4n) is 2.45. The van der Waals surface area contributed by atoms with Gasteiger partial charge in [-0.05, 0) is 36.4 Å². The normalized spacial score (nSPS) is 10.4. The molecule has 0 fully saturated rings. The van der Waals surface area contributed by atoms with Crippen molar-refractivity contribution in [3.63, 3.8) is 0 Å². The number of amides is 1. The predicted octanol–water partition coefficient (Wildman–Crippen LogP) is 5.06. The van der Waals surface area contributed by atoms with Gasteiger partial charge in [0.25, 0.3) is 5.91 Å². The monoisotopic (exact) mass is 384 g/mol. The van der Waals surface area contributed by atoms with Crippen LogP contribution in [0.5, 0.6) is 0 Å². The lowest BCUT2D eigenvalue weighted by Crippen LogP contribution is -2.14. The molecule has 0 bridgehead atoms. The van der Waals surface area contributed by atoms with Crippen LogP contribution in [0.25, 0.3) is 0 Å². The van der Waals surface area contributed by atoms with E-state index in [1.54, 1.807) is 48.5 Å². The van der Waals surface area contributed by atoms with Crippen LogP contribution >= 0.6 is 23.2 Å². The summed E-state index contributed by atoms with van der Waals surface area (Å²) in [5.41, 5.74) is 7.63. The molecule has 26 heavy (non-hydrogen) atoms. The molecule has 0 aromatic heterocycles. The first-order valence-electron chi connectivity index (χ1n) is 7.71. The standard InChI is InChI=1S/C20H14Cl2N2O2/c21-13-6-9-18(23)16(10-13)20(26)24-14-7-8-17(22)15(11-14)19(25)12-4-2-1-3-5-12/h1-11H,23H2,(H,24,26). The average molecular weight is 385 g/mol. The highest BCUT2D eigenvalue weighted by Gasteiger charge is 2.16. The lowest BCUT2D eigenvalue weighted by atomic mass is 10.0. The van der Waals surface area contributed by atoms with Gasteiger partial charge in [-0.25, -0.2) is 0 Å². The third-order valence-corrected chi connectivity index (χ3v) is 4.33. The Kier molecular flexibility index (Phi) is 5.26. The van der Waals surface area contributed by atoms with E-state index in [0.29, 0.717) is 32.5 Å². The van der Waals surface area contributed by atoms with Gasteiger partial charge < -0.3 is 11.1 Å². The molecule has 3 aromatic rings. The maximum Gasteiger partial charge on any atom is 0.257 e. The summed E-state index contributed by atoms with van der Waals surface area (Å²) in [7, 11) is 0. The van der Waals surface area contributed by atoms with E-state index in [1.165, 1.54) is 12.1 Å². The summed E-state index contributed by atoms with van der Waals surface area (Å²) in [6.07, 6.45) is 0. The fraction of sp³-hybridized carbons (Fsp3) is 0. The molecular formula is C20H14Cl2N2O2. The second-order valence-corrected chi connectivity index (χ2v) is 6.42. The van der Waals surface area contributed by atoms with Crippen LogP contribution in [0.3, 0.4) is 0 Å². The van der Waals surface area contributed by atoms with E-state index >= 15 is 0 Å². The van der Waals surface area contributed by atoms with Crippen molar-refractivity contribution in [1.29, 1.82) is 0 Å². The van der Waals surface area contributed by atoms with Crippen molar-refractivity contribution in [3.8, 4) is 0 Å². The first-order chi connectivity index (χ1) is 12.5. The lowest BCUT2D eigenvalue weighted by Gasteiger charge is -2.10. The number of carbonyl (C=O) groups excluding carboxylic acids is 2. The van der Waals surface area contributed by atoms with E-state index in [9.17, 15) is 9.59 Å². The van der Waals surface area contributed by atoms with Crippen molar-refractivity contribution >= 4 is 46.3 Å². The minimum atomic E-state index is -0.426. The first-order valence-corrected chi connectivity index (χ1v) is 8.47. The van der Waals surface area contributed by atoms with Crippen molar-refractivity contribution in [2.24, 2.45) is 0 Å². The van der Waals surface area contributed by atoms with Crippen LogP contribution in [-0.4, -0.2) is 11.7 Å². The number of ketones is 1. The molecule has 6 heteroatoms. The van der Waals surface area contributed by atoms with Crippen LogP contribution in [0.15, 0.2) is 66.7 Å². The fourth-order valence-corrected chi connectivity index (χ4v) is 2.82. The summed E-state index contributed by atoms with van der Waals surface area (Å²) >= 11 is 12.1. The Bertz CT molecular complexity index is 988. The molecule has 0 spiro atoms. The van der Waals surface area contributed by atoms with Crippen LogP contribution in [-0.2, 0) is 0 Å². The summed E-state index contributed by atoms with van der Waals surface area (Å²) in [4.78, 5) is 25.1. The Morgan fingerprint density at radius 3 is 2.31 bits per heavy atom. The molecular weight excluding hydrogens is 371 g/mol.